The Balaban J connectivity index is 1.19. The average molecular weight is 907 g/mol. The van der Waals surface area contributed by atoms with Gasteiger partial charge in [0.25, 0.3) is 0 Å². The normalized spacial score (nSPS) is 13.0. The monoisotopic (exact) mass is 906 g/mol. The van der Waals surface area contributed by atoms with E-state index in [4.69, 9.17) is 9.97 Å². The second kappa shape index (κ2) is 19.5. The Hall–Kier alpha value is -4.94. The minimum atomic E-state index is -2.00. The van der Waals surface area contributed by atoms with Crippen molar-refractivity contribution in [2.75, 3.05) is 0 Å². The summed E-state index contributed by atoms with van der Waals surface area (Å²) in [7, 11) is -2.00. The Morgan fingerprint density at radius 3 is 1.42 bits per heavy atom. The molecule has 0 saturated carbocycles. The van der Waals surface area contributed by atoms with E-state index < -0.39 is 8.07 Å². The second-order valence-electron chi connectivity index (χ2n) is 19.4. The smallest absolute Gasteiger partial charge is 0.119 e. The fraction of sp³-hybridized carbons (Fsp3) is 0.333. The Bertz CT molecular complexity index is 2920. The Labute approximate surface area is 398 Å². The maximum Gasteiger partial charge on any atom is 0.119 e. The van der Waals surface area contributed by atoms with E-state index in [1.165, 1.54) is 116 Å². The molecule has 2 nitrogen and oxygen atoms in total. The first-order chi connectivity index (χ1) is 31.6. The van der Waals surface area contributed by atoms with Gasteiger partial charge in [-0.15, -0.1) is 22.7 Å². The largest absolute Gasteiger partial charge is 0.243 e. The molecule has 0 saturated heterocycles. The van der Waals surface area contributed by atoms with Crippen molar-refractivity contribution in [2.24, 2.45) is 0 Å². The maximum atomic E-state index is 5.74. The number of benzene rings is 5. The van der Waals surface area contributed by atoms with Crippen LogP contribution in [0.2, 0.25) is 12.1 Å². The average Bonchev–Trinajstić information content (AvgIpc) is 4.05. The molecule has 1 aliphatic heterocycles. The van der Waals surface area contributed by atoms with Crippen LogP contribution in [0.5, 0.6) is 0 Å². The number of rotatable bonds is 17. The third-order valence-corrected chi connectivity index (χ3v) is 21.6. The van der Waals surface area contributed by atoms with Gasteiger partial charge in [-0.05, 0) is 100 Å². The zero-order valence-corrected chi connectivity index (χ0v) is 42.6. The summed E-state index contributed by atoms with van der Waals surface area (Å²) in [6.45, 7) is 18.2. The van der Waals surface area contributed by atoms with Crippen LogP contribution in [0.25, 0.3) is 76.0 Å². The van der Waals surface area contributed by atoms with Gasteiger partial charge < -0.3 is 0 Å². The lowest BCUT2D eigenvalue weighted by molar-refractivity contribution is 0.684. The van der Waals surface area contributed by atoms with Gasteiger partial charge in [0.15, 0.2) is 0 Å². The van der Waals surface area contributed by atoms with Crippen LogP contribution in [0.4, 0.5) is 0 Å². The molecule has 3 aromatic heterocycles. The third-order valence-electron chi connectivity index (χ3n) is 14.1. The van der Waals surface area contributed by atoms with Gasteiger partial charge in [-0.1, -0.05) is 196 Å². The van der Waals surface area contributed by atoms with Gasteiger partial charge in [0, 0.05) is 41.8 Å². The minimum Gasteiger partial charge on any atom is -0.243 e. The van der Waals surface area contributed by atoms with E-state index in [1.807, 2.05) is 22.7 Å². The molecule has 0 fully saturated rings. The lowest BCUT2D eigenvalue weighted by Crippen LogP contribution is -2.55. The molecule has 1 aliphatic rings. The van der Waals surface area contributed by atoms with Gasteiger partial charge in [-0.25, -0.2) is 9.97 Å². The van der Waals surface area contributed by atoms with Crippen LogP contribution in [0.1, 0.15) is 126 Å². The van der Waals surface area contributed by atoms with Gasteiger partial charge in [0.05, 0.1) is 22.4 Å². The number of aromatic nitrogens is 2. The zero-order valence-electron chi connectivity index (χ0n) is 40.0. The number of thiophene rings is 2. The van der Waals surface area contributed by atoms with Gasteiger partial charge in [-0.3, -0.25) is 0 Å². The molecule has 0 N–H and O–H groups in total. The summed E-state index contributed by atoms with van der Waals surface area (Å²) in [5.74, 6) is 0.904. The predicted octanol–water partition coefficient (Wildman–Crippen LogP) is 17.7. The van der Waals surface area contributed by atoms with E-state index in [0.29, 0.717) is 11.8 Å². The Kier molecular flexibility index (Phi) is 13.6. The molecule has 5 heteroatoms. The van der Waals surface area contributed by atoms with E-state index in [0.717, 1.165) is 44.7 Å². The highest BCUT2D eigenvalue weighted by Gasteiger charge is 2.44. The highest BCUT2D eigenvalue weighted by atomic mass is 32.1. The van der Waals surface area contributed by atoms with Gasteiger partial charge in [0.1, 0.15) is 8.07 Å². The molecule has 9 rings (SSSR count). The first-order valence-corrected chi connectivity index (χ1v) is 28.6. The molecule has 5 aromatic carbocycles. The van der Waals surface area contributed by atoms with Crippen molar-refractivity contribution < 1.29 is 0 Å². The van der Waals surface area contributed by atoms with Crippen molar-refractivity contribution in [1.29, 1.82) is 0 Å². The van der Waals surface area contributed by atoms with E-state index in [-0.39, 0.29) is 0 Å². The van der Waals surface area contributed by atoms with Crippen molar-refractivity contribution >= 4 is 52.2 Å². The second-order valence-corrected chi connectivity index (χ2v) is 26.0. The standard InChI is InChI=1S/C60H66N2S2Si/c1-9-11-13-15-35-65(36-16-14-12-10-2)55-37-41(7)17-28-48(55)49-29-27-47(38-56(49)65)52-33-34-54(64-52)51-31-30-50(53-32-18-42(8)63-53)59-60(51)62-58(46-25-21-44(22-26-46)40(5)6)57(61-59)45-23-19-43(20-24-45)39(3)4/h17-34,37-40H,9-16,35-36H2,1-8H3. The summed E-state index contributed by atoms with van der Waals surface area (Å²) < 4.78 is 0. The summed E-state index contributed by atoms with van der Waals surface area (Å²) in [6, 6.07) is 49.5. The van der Waals surface area contributed by atoms with E-state index in [9.17, 15) is 0 Å². The molecule has 332 valence electrons. The number of unbranched alkanes of at least 4 members (excludes halogenated alkanes) is 6. The zero-order chi connectivity index (χ0) is 45.2. The van der Waals surface area contributed by atoms with Crippen molar-refractivity contribution in [1.82, 2.24) is 9.97 Å². The lowest BCUT2D eigenvalue weighted by atomic mass is 9.96. The van der Waals surface area contributed by atoms with Gasteiger partial charge in [0.2, 0.25) is 0 Å². The molecule has 4 heterocycles. The number of aryl methyl sites for hydroxylation is 2. The topological polar surface area (TPSA) is 25.8 Å². The minimum absolute atomic E-state index is 0.451. The van der Waals surface area contributed by atoms with E-state index in [1.54, 1.807) is 10.4 Å². The van der Waals surface area contributed by atoms with Crippen molar-refractivity contribution in [3.63, 3.8) is 0 Å². The third kappa shape index (κ3) is 9.01. The Morgan fingerprint density at radius 2 is 0.908 bits per heavy atom. The maximum absolute atomic E-state index is 5.74. The summed E-state index contributed by atoms with van der Waals surface area (Å²) in [5, 5.41) is 3.40. The molecular formula is C60H66N2S2Si. The molecule has 0 atom stereocenters. The molecular weight excluding hydrogens is 841 g/mol. The van der Waals surface area contributed by atoms with Crippen LogP contribution in [0.15, 0.2) is 121 Å². The van der Waals surface area contributed by atoms with Crippen molar-refractivity contribution in [3.8, 4) is 65.0 Å². The van der Waals surface area contributed by atoms with Crippen LogP contribution in [0, 0.1) is 13.8 Å². The van der Waals surface area contributed by atoms with E-state index in [2.05, 4.69) is 177 Å². The fourth-order valence-corrected chi connectivity index (χ4v) is 18.0. The van der Waals surface area contributed by atoms with Crippen LogP contribution in [0.3, 0.4) is 0 Å². The number of hydrogen-bond acceptors (Lipinski definition) is 4. The van der Waals surface area contributed by atoms with Crippen LogP contribution < -0.4 is 10.4 Å². The predicted molar refractivity (Wildman–Crippen MR) is 288 cm³/mol. The SMILES string of the molecule is CCCCCC[Si]1(CCCCCC)c2cc(C)ccc2-c2ccc(-c3ccc(-c4ccc(-c5ccc(C)s5)c5nc(-c6ccc(C(C)C)cc6)c(-c6ccc(C(C)C)cc6)nc45)s3)cc21. The molecule has 0 bridgehead atoms. The molecule has 0 amide bonds. The van der Waals surface area contributed by atoms with Crippen molar-refractivity contribution in [2.45, 2.75) is 131 Å². The molecule has 8 aromatic rings. The van der Waals surface area contributed by atoms with Crippen LogP contribution in [-0.4, -0.2) is 18.0 Å². The first-order valence-electron chi connectivity index (χ1n) is 24.6. The summed E-state index contributed by atoms with van der Waals surface area (Å²) in [4.78, 5) is 16.5. The molecule has 0 aliphatic carbocycles. The van der Waals surface area contributed by atoms with E-state index >= 15 is 0 Å². The molecule has 0 unspecified atom stereocenters. The molecule has 0 radical (unpaired) electrons. The number of hydrogen-bond donors (Lipinski definition) is 0. The number of fused-ring (bicyclic) bond motifs is 4. The fourth-order valence-electron chi connectivity index (χ4n) is 10.3. The lowest BCUT2D eigenvalue weighted by Gasteiger charge is -2.31. The number of nitrogens with zero attached hydrogens (tertiary/aromatic N) is 2. The summed E-state index contributed by atoms with van der Waals surface area (Å²) >= 11 is 3.73. The molecule has 0 spiro atoms. The van der Waals surface area contributed by atoms with Crippen LogP contribution >= 0.6 is 22.7 Å². The summed E-state index contributed by atoms with van der Waals surface area (Å²) in [6.07, 6.45) is 10.6. The summed E-state index contributed by atoms with van der Waals surface area (Å²) in [5.41, 5.74) is 16.6. The first kappa shape index (κ1) is 45.2. The van der Waals surface area contributed by atoms with Gasteiger partial charge >= 0.3 is 0 Å². The Morgan fingerprint density at radius 1 is 0.446 bits per heavy atom. The highest BCUT2D eigenvalue weighted by Crippen LogP contribution is 2.44. The van der Waals surface area contributed by atoms with Crippen LogP contribution in [-0.2, 0) is 0 Å². The quantitative estimate of drug-likeness (QED) is 0.0672. The molecule has 65 heavy (non-hydrogen) atoms. The van der Waals surface area contributed by atoms with Crippen molar-refractivity contribution in [3.05, 3.63) is 143 Å². The van der Waals surface area contributed by atoms with Gasteiger partial charge in [-0.2, -0.15) is 0 Å². The highest BCUT2D eigenvalue weighted by molar-refractivity contribution is 7.19.